The highest BCUT2D eigenvalue weighted by atomic mass is 16.5. The van der Waals surface area contributed by atoms with Crippen molar-refractivity contribution in [2.24, 2.45) is 0 Å². The molecule has 0 saturated heterocycles. The number of nitrogens with zero attached hydrogens (tertiary/aromatic N) is 4. The normalized spacial score (nSPS) is 10.9. The third-order valence-corrected chi connectivity index (χ3v) is 3.89. The lowest BCUT2D eigenvalue weighted by atomic mass is 10.1. The van der Waals surface area contributed by atoms with E-state index in [1.807, 2.05) is 37.3 Å². The van der Waals surface area contributed by atoms with E-state index in [9.17, 15) is 4.79 Å². The molecular weight excluding hydrogens is 318 g/mol. The highest BCUT2D eigenvalue weighted by molar-refractivity contribution is 5.91. The van der Waals surface area contributed by atoms with E-state index < -0.39 is 0 Å². The number of aromatic amines is 1. The van der Waals surface area contributed by atoms with Crippen LogP contribution in [0.15, 0.2) is 55.1 Å². The van der Waals surface area contributed by atoms with E-state index in [1.54, 1.807) is 23.1 Å². The lowest BCUT2D eigenvalue weighted by molar-refractivity contribution is 0.0462. The van der Waals surface area contributed by atoms with E-state index in [4.69, 9.17) is 4.74 Å². The molecule has 2 aromatic heterocycles. The Balaban J connectivity index is 1.49. The number of aromatic nitrogens is 5. The van der Waals surface area contributed by atoms with Crippen molar-refractivity contribution in [2.45, 2.75) is 13.5 Å². The number of esters is 1. The first-order chi connectivity index (χ1) is 12.2. The summed E-state index contributed by atoms with van der Waals surface area (Å²) in [5.74, 6) is 0.231. The van der Waals surface area contributed by atoms with Crippen LogP contribution in [0.25, 0.3) is 16.7 Å². The molecule has 7 nitrogen and oxygen atoms in total. The molecule has 0 aliphatic carbocycles. The van der Waals surface area contributed by atoms with E-state index in [2.05, 4.69) is 20.1 Å². The molecule has 0 bridgehead atoms. The molecule has 4 rings (SSSR count). The first kappa shape index (κ1) is 15.1. The minimum atomic E-state index is -0.386. The summed E-state index contributed by atoms with van der Waals surface area (Å²) in [6.07, 6.45) is 3.07. The van der Waals surface area contributed by atoms with Gasteiger partial charge in [-0.2, -0.15) is 5.10 Å². The minimum Gasteiger partial charge on any atom is -0.454 e. The number of fused-ring (bicyclic) bond motifs is 1. The summed E-state index contributed by atoms with van der Waals surface area (Å²) in [5, 5.41) is 4.08. The number of H-pyrrole nitrogens is 1. The monoisotopic (exact) mass is 333 g/mol. The van der Waals surface area contributed by atoms with E-state index in [1.165, 1.54) is 6.33 Å². The van der Waals surface area contributed by atoms with Crippen LogP contribution in [0.4, 0.5) is 0 Å². The molecule has 0 radical (unpaired) electrons. The molecule has 7 heteroatoms. The van der Waals surface area contributed by atoms with Gasteiger partial charge >= 0.3 is 5.97 Å². The number of imidazole rings is 1. The van der Waals surface area contributed by atoms with Gasteiger partial charge in [0.1, 0.15) is 25.1 Å². The predicted octanol–water partition coefficient (Wildman–Crippen LogP) is 2.81. The van der Waals surface area contributed by atoms with Gasteiger partial charge in [-0.3, -0.25) is 0 Å². The number of aryl methyl sites for hydroxylation is 1. The zero-order chi connectivity index (χ0) is 17.2. The number of carbonyl (C=O) groups excluding carboxylic acids is 1. The SMILES string of the molecule is Cc1cc(-n2cncn2)ccc1C(=O)OCc1nc2ccccc2[nH]1. The standard InChI is InChI=1S/C18H15N5O2/c1-12-8-13(23-11-19-10-20-23)6-7-14(12)18(24)25-9-17-21-15-4-2-3-5-16(15)22-17/h2-8,10-11H,9H2,1H3,(H,21,22). The van der Waals surface area contributed by atoms with E-state index in [0.717, 1.165) is 22.3 Å². The van der Waals surface area contributed by atoms with Gasteiger partial charge in [0, 0.05) is 0 Å². The topological polar surface area (TPSA) is 85.7 Å². The molecule has 124 valence electrons. The van der Waals surface area contributed by atoms with E-state index in [-0.39, 0.29) is 12.6 Å². The second kappa shape index (κ2) is 6.20. The number of rotatable bonds is 4. The molecule has 2 heterocycles. The lowest BCUT2D eigenvalue weighted by Crippen LogP contribution is -2.08. The molecular formula is C18H15N5O2. The van der Waals surface area contributed by atoms with Gasteiger partial charge in [-0.25, -0.2) is 19.4 Å². The number of hydrogen-bond acceptors (Lipinski definition) is 5. The Hall–Kier alpha value is -3.48. The first-order valence-electron chi connectivity index (χ1n) is 7.77. The van der Waals surface area contributed by atoms with Crippen LogP contribution in [0, 0.1) is 6.92 Å². The Bertz CT molecular complexity index is 1000. The number of carbonyl (C=O) groups is 1. The summed E-state index contributed by atoms with van der Waals surface area (Å²) in [6, 6.07) is 13.1. The van der Waals surface area contributed by atoms with Crippen molar-refractivity contribution >= 4 is 17.0 Å². The van der Waals surface area contributed by atoms with Gasteiger partial charge in [0.05, 0.1) is 22.3 Å². The van der Waals surface area contributed by atoms with Crippen molar-refractivity contribution < 1.29 is 9.53 Å². The molecule has 0 aliphatic rings. The van der Waals surface area contributed by atoms with Crippen LogP contribution < -0.4 is 0 Å². The van der Waals surface area contributed by atoms with Crippen LogP contribution in [-0.4, -0.2) is 30.7 Å². The molecule has 0 amide bonds. The average Bonchev–Trinajstić information content (AvgIpc) is 3.28. The quantitative estimate of drug-likeness (QED) is 0.580. The van der Waals surface area contributed by atoms with E-state index in [0.29, 0.717) is 11.4 Å². The number of benzene rings is 2. The highest BCUT2D eigenvalue weighted by Gasteiger charge is 2.13. The highest BCUT2D eigenvalue weighted by Crippen LogP contribution is 2.16. The van der Waals surface area contributed by atoms with Crippen LogP contribution in [-0.2, 0) is 11.3 Å². The zero-order valence-corrected chi connectivity index (χ0v) is 13.5. The number of hydrogen-bond donors (Lipinski definition) is 1. The van der Waals surface area contributed by atoms with Gasteiger partial charge in [-0.15, -0.1) is 0 Å². The van der Waals surface area contributed by atoms with Crippen LogP contribution in [0.3, 0.4) is 0 Å². The van der Waals surface area contributed by atoms with Crippen LogP contribution >= 0.6 is 0 Å². The van der Waals surface area contributed by atoms with Crippen LogP contribution in [0.5, 0.6) is 0 Å². The molecule has 4 aromatic rings. The summed E-state index contributed by atoms with van der Waals surface area (Å²) < 4.78 is 7.02. The third kappa shape index (κ3) is 2.99. The van der Waals surface area contributed by atoms with Crippen molar-refractivity contribution in [3.05, 3.63) is 72.1 Å². The smallest absolute Gasteiger partial charge is 0.338 e. The minimum absolute atomic E-state index is 0.0950. The number of ether oxygens (including phenoxy) is 1. The molecule has 0 spiro atoms. The summed E-state index contributed by atoms with van der Waals surface area (Å²) in [6.45, 7) is 1.95. The average molecular weight is 333 g/mol. The Kier molecular flexibility index (Phi) is 3.74. The first-order valence-corrected chi connectivity index (χ1v) is 7.77. The molecule has 0 atom stereocenters. The Morgan fingerprint density at radius 2 is 2.12 bits per heavy atom. The fourth-order valence-electron chi connectivity index (χ4n) is 2.65. The van der Waals surface area contributed by atoms with Gasteiger partial charge in [-0.1, -0.05) is 12.1 Å². The fraction of sp³-hybridized carbons (Fsp3) is 0.111. The van der Waals surface area contributed by atoms with Gasteiger partial charge in [-0.05, 0) is 42.8 Å². The second-order valence-electron chi connectivity index (χ2n) is 5.62. The molecule has 0 fully saturated rings. The maximum Gasteiger partial charge on any atom is 0.338 e. The maximum atomic E-state index is 12.4. The second-order valence-corrected chi connectivity index (χ2v) is 5.62. The molecule has 0 saturated carbocycles. The number of para-hydroxylation sites is 2. The van der Waals surface area contributed by atoms with Gasteiger partial charge in [0.25, 0.3) is 0 Å². The molecule has 1 N–H and O–H groups in total. The predicted molar refractivity (Wildman–Crippen MR) is 91.3 cm³/mol. The van der Waals surface area contributed by atoms with Crippen molar-refractivity contribution in [2.75, 3.05) is 0 Å². The van der Waals surface area contributed by atoms with E-state index >= 15 is 0 Å². The van der Waals surface area contributed by atoms with Gasteiger partial charge in [0.15, 0.2) is 0 Å². The van der Waals surface area contributed by atoms with Crippen LogP contribution in [0.1, 0.15) is 21.7 Å². The molecule has 25 heavy (non-hydrogen) atoms. The molecule has 2 aromatic carbocycles. The van der Waals surface area contributed by atoms with Gasteiger partial charge in [0.2, 0.25) is 0 Å². The molecule has 0 aliphatic heterocycles. The Morgan fingerprint density at radius 3 is 2.88 bits per heavy atom. The summed E-state index contributed by atoms with van der Waals surface area (Å²) in [4.78, 5) is 23.8. The zero-order valence-electron chi connectivity index (χ0n) is 13.5. The summed E-state index contributed by atoms with van der Waals surface area (Å²) in [7, 11) is 0. The largest absolute Gasteiger partial charge is 0.454 e. The molecule has 0 unspecified atom stereocenters. The fourth-order valence-corrected chi connectivity index (χ4v) is 2.65. The third-order valence-electron chi connectivity index (χ3n) is 3.89. The maximum absolute atomic E-state index is 12.4. The Labute approximate surface area is 143 Å². The van der Waals surface area contributed by atoms with Gasteiger partial charge < -0.3 is 9.72 Å². The number of nitrogens with one attached hydrogen (secondary N) is 1. The van der Waals surface area contributed by atoms with Crippen LogP contribution in [0.2, 0.25) is 0 Å². The summed E-state index contributed by atoms with van der Waals surface area (Å²) >= 11 is 0. The van der Waals surface area contributed by atoms with Crippen molar-refractivity contribution in [1.29, 1.82) is 0 Å². The lowest BCUT2D eigenvalue weighted by Gasteiger charge is -2.08. The summed E-state index contributed by atoms with van der Waals surface area (Å²) in [5.41, 5.74) is 3.93. The van der Waals surface area contributed by atoms with Crippen molar-refractivity contribution in [3.8, 4) is 5.69 Å². The van der Waals surface area contributed by atoms with Crippen molar-refractivity contribution in [1.82, 2.24) is 24.7 Å². The van der Waals surface area contributed by atoms with Crippen molar-refractivity contribution in [3.63, 3.8) is 0 Å². The Morgan fingerprint density at radius 1 is 1.24 bits per heavy atom.